The van der Waals surface area contributed by atoms with E-state index < -0.39 is 11.6 Å². The number of benzene rings is 1. The number of anilines is 2. The highest BCUT2D eigenvalue weighted by molar-refractivity contribution is 5.68. The number of rotatable bonds is 4. The van der Waals surface area contributed by atoms with Gasteiger partial charge >= 0.3 is 0 Å². The molecule has 1 aromatic carbocycles. The molecule has 0 saturated heterocycles. The fraction of sp³-hybridized carbons (Fsp3) is 0.500. The van der Waals surface area contributed by atoms with Crippen LogP contribution < -0.4 is 10.6 Å². The van der Waals surface area contributed by atoms with Gasteiger partial charge in [0.15, 0.2) is 11.6 Å². The summed E-state index contributed by atoms with van der Waals surface area (Å²) in [7, 11) is 0. The molecule has 0 aliphatic carbocycles. The predicted molar refractivity (Wildman–Crippen MR) is 63.5 cm³/mol. The van der Waals surface area contributed by atoms with Crippen molar-refractivity contribution in [3.05, 3.63) is 23.8 Å². The standard InChI is InChI=1S/C12H18F2N2/c1-4-16(7-8(2)3)12-10(15)6-5-9(13)11(12)14/h5-6,8H,4,7,15H2,1-3H3. The Kier molecular flexibility index (Phi) is 4.10. The van der Waals surface area contributed by atoms with Crippen molar-refractivity contribution in [1.82, 2.24) is 0 Å². The Bertz CT molecular complexity index is 364. The smallest absolute Gasteiger partial charge is 0.184 e. The van der Waals surface area contributed by atoms with Gasteiger partial charge in [0.1, 0.15) is 0 Å². The van der Waals surface area contributed by atoms with E-state index in [9.17, 15) is 8.78 Å². The largest absolute Gasteiger partial charge is 0.397 e. The third kappa shape index (κ3) is 2.62. The van der Waals surface area contributed by atoms with Gasteiger partial charge in [-0.2, -0.15) is 0 Å². The molecule has 1 rings (SSSR count). The Morgan fingerprint density at radius 1 is 1.31 bits per heavy atom. The zero-order valence-corrected chi connectivity index (χ0v) is 9.93. The maximum atomic E-state index is 13.7. The van der Waals surface area contributed by atoms with Crippen LogP contribution in [0.4, 0.5) is 20.2 Å². The van der Waals surface area contributed by atoms with Crippen LogP contribution in [0.1, 0.15) is 20.8 Å². The third-order valence-electron chi connectivity index (χ3n) is 2.38. The maximum absolute atomic E-state index is 13.7. The van der Waals surface area contributed by atoms with Gasteiger partial charge in [0.2, 0.25) is 0 Å². The molecule has 0 amide bonds. The van der Waals surface area contributed by atoms with Gasteiger partial charge in [-0.05, 0) is 25.0 Å². The molecule has 0 saturated carbocycles. The molecule has 0 bridgehead atoms. The number of hydrogen-bond donors (Lipinski definition) is 1. The summed E-state index contributed by atoms with van der Waals surface area (Å²) in [4.78, 5) is 1.76. The predicted octanol–water partition coefficient (Wildman–Crippen LogP) is 3.03. The highest BCUT2D eigenvalue weighted by Crippen LogP contribution is 2.29. The van der Waals surface area contributed by atoms with E-state index in [4.69, 9.17) is 5.73 Å². The minimum Gasteiger partial charge on any atom is -0.397 e. The van der Waals surface area contributed by atoms with Gasteiger partial charge < -0.3 is 10.6 Å². The molecule has 0 aliphatic heterocycles. The van der Waals surface area contributed by atoms with Crippen molar-refractivity contribution in [3.8, 4) is 0 Å². The summed E-state index contributed by atoms with van der Waals surface area (Å²) >= 11 is 0. The van der Waals surface area contributed by atoms with Crippen molar-refractivity contribution in [2.24, 2.45) is 5.92 Å². The van der Waals surface area contributed by atoms with E-state index in [-0.39, 0.29) is 11.4 Å². The quantitative estimate of drug-likeness (QED) is 0.803. The number of nitrogen functional groups attached to an aromatic ring is 1. The van der Waals surface area contributed by atoms with Gasteiger partial charge in [-0.15, -0.1) is 0 Å². The van der Waals surface area contributed by atoms with Crippen LogP contribution in [0.25, 0.3) is 0 Å². The van der Waals surface area contributed by atoms with Gasteiger partial charge in [-0.25, -0.2) is 8.78 Å². The van der Waals surface area contributed by atoms with Crippen molar-refractivity contribution < 1.29 is 8.78 Å². The summed E-state index contributed by atoms with van der Waals surface area (Å²) in [5.41, 5.74) is 6.15. The molecule has 0 aromatic heterocycles. The molecule has 0 unspecified atom stereocenters. The Morgan fingerprint density at radius 2 is 1.94 bits per heavy atom. The molecule has 1 aromatic rings. The average molecular weight is 228 g/mol. The molecular weight excluding hydrogens is 210 g/mol. The highest BCUT2D eigenvalue weighted by Gasteiger charge is 2.17. The molecule has 0 radical (unpaired) electrons. The Morgan fingerprint density at radius 3 is 2.44 bits per heavy atom. The lowest BCUT2D eigenvalue weighted by atomic mass is 10.1. The van der Waals surface area contributed by atoms with Crippen molar-refractivity contribution in [2.75, 3.05) is 23.7 Å². The van der Waals surface area contributed by atoms with Gasteiger partial charge in [0, 0.05) is 13.1 Å². The summed E-state index contributed by atoms with van der Waals surface area (Å²) in [6, 6.07) is 2.45. The Balaban J connectivity index is 3.13. The molecule has 0 heterocycles. The zero-order valence-electron chi connectivity index (χ0n) is 9.93. The van der Waals surface area contributed by atoms with Gasteiger partial charge in [0.05, 0.1) is 11.4 Å². The second kappa shape index (κ2) is 5.14. The molecule has 16 heavy (non-hydrogen) atoms. The lowest BCUT2D eigenvalue weighted by Gasteiger charge is -2.26. The topological polar surface area (TPSA) is 29.3 Å². The first-order chi connectivity index (χ1) is 7.47. The number of nitrogens with two attached hydrogens (primary N) is 1. The number of hydrogen-bond acceptors (Lipinski definition) is 2. The minimum absolute atomic E-state index is 0.177. The van der Waals surface area contributed by atoms with E-state index >= 15 is 0 Å². The molecule has 2 N–H and O–H groups in total. The molecule has 0 atom stereocenters. The van der Waals surface area contributed by atoms with Crippen LogP contribution in [0.5, 0.6) is 0 Å². The van der Waals surface area contributed by atoms with E-state index in [1.54, 1.807) is 4.90 Å². The SMILES string of the molecule is CCN(CC(C)C)c1c(N)ccc(F)c1F. The summed E-state index contributed by atoms with van der Waals surface area (Å²) < 4.78 is 26.8. The van der Waals surface area contributed by atoms with Crippen LogP contribution in [-0.4, -0.2) is 13.1 Å². The van der Waals surface area contributed by atoms with Crippen LogP contribution in [0.2, 0.25) is 0 Å². The van der Waals surface area contributed by atoms with E-state index in [0.29, 0.717) is 19.0 Å². The second-order valence-electron chi connectivity index (χ2n) is 4.23. The first kappa shape index (κ1) is 12.7. The van der Waals surface area contributed by atoms with E-state index in [1.165, 1.54) is 6.07 Å². The zero-order chi connectivity index (χ0) is 12.3. The summed E-state index contributed by atoms with van der Waals surface area (Å²) in [6.45, 7) is 7.20. The molecule has 0 aliphatic rings. The minimum atomic E-state index is -0.859. The fourth-order valence-corrected chi connectivity index (χ4v) is 1.70. The van der Waals surface area contributed by atoms with Crippen LogP contribution in [0.15, 0.2) is 12.1 Å². The summed E-state index contributed by atoms with van der Waals surface area (Å²) in [5, 5.41) is 0. The Hall–Kier alpha value is -1.32. The van der Waals surface area contributed by atoms with Gasteiger partial charge in [-0.1, -0.05) is 13.8 Å². The molecule has 2 nitrogen and oxygen atoms in total. The number of halogens is 2. The van der Waals surface area contributed by atoms with E-state index in [1.807, 2.05) is 20.8 Å². The third-order valence-corrected chi connectivity index (χ3v) is 2.38. The van der Waals surface area contributed by atoms with Crippen LogP contribution in [-0.2, 0) is 0 Å². The summed E-state index contributed by atoms with van der Waals surface area (Å²) in [6.07, 6.45) is 0. The van der Waals surface area contributed by atoms with Crippen molar-refractivity contribution in [3.63, 3.8) is 0 Å². The van der Waals surface area contributed by atoms with Gasteiger partial charge in [-0.3, -0.25) is 0 Å². The molecule has 0 fully saturated rings. The van der Waals surface area contributed by atoms with Gasteiger partial charge in [0.25, 0.3) is 0 Å². The molecule has 90 valence electrons. The average Bonchev–Trinajstić information content (AvgIpc) is 2.22. The van der Waals surface area contributed by atoms with Crippen LogP contribution in [0, 0.1) is 17.6 Å². The molecule has 4 heteroatoms. The Labute approximate surface area is 95.1 Å². The fourth-order valence-electron chi connectivity index (χ4n) is 1.70. The maximum Gasteiger partial charge on any atom is 0.184 e. The molecule has 0 spiro atoms. The monoisotopic (exact) mass is 228 g/mol. The summed E-state index contributed by atoms with van der Waals surface area (Å²) in [5.74, 6) is -1.35. The van der Waals surface area contributed by atoms with Crippen molar-refractivity contribution in [2.45, 2.75) is 20.8 Å². The molecular formula is C12H18F2N2. The van der Waals surface area contributed by atoms with Crippen LogP contribution >= 0.6 is 0 Å². The first-order valence-corrected chi connectivity index (χ1v) is 5.45. The van der Waals surface area contributed by atoms with E-state index in [0.717, 1.165) is 6.07 Å². The van der Waals surface area contributed by atoms with Crippen molar-refractivity contribution >= 4 is 11.4 Å². The van der Waals surface area contributed by atoms with Crippen LogP contribution in [0.3, 0.4) is 0 Å². The normalized spacial score (nSPS) is 10.9. The first-order valence-electron chi connectivity index (χ1n) is 5.45. The number of nitrogens with zero attached hydrogens (tertiary/aromatic N) is 1. The lowest BCUT2D eigenvalue weighted by molar-refractivity contribution is 0.503. The highest BCUT2D eigenvalue weighted by atomic mass is 19.2. The lowest BCUT2D eigenvalue weighted by Crippen LogP contribution is -2.29. The van der Waals surface area contributed by atoms with E-state index in [2.05, 4.69) is 0 Å². The van der Waals surface area contributed by atoms with Crippen molar-refractivity contribution in [1.29, 1.82) is 0 Å². The second-order valence-corrected chi connectivity index (χ2v) is 4.23.